The van der Waals surface area contributed by atoms with Gasteiger partial charge in [-0.1, -0.05) is 18.2 Å². The number of nitriles is 1. The van der Waals surface area contributed by atoms with E-state index in [1.165, 1.54) is 0 Å². The van der Waals surface area contributed by atoms with Crippen LogP contribution >= 0.6 is 0 Å². The summed E-state index contributed by atoms with van der Waals surface area (Å²) in [7, 11) is -0.607. The second-order valence-corrected chi connectivity index (χ2v) is 12.0. The molecule has 2 heterocycles. The van der Waals surface area contributed by atoms with Crippen molar-refractivity contribution in [2.45, 2.75) is 77.7 Å². The van der Waals surface area contributed by atoms with E-state index in [2.05, 4.69) is 11.4 Å². The van der Waals surface area contributed by atoms with Crippen LogP contribution in [0.1, 0.15) is 70.8 Å². The summed E-state index contributed by atoms with van der Waals surface area (Å²) in [5.41, 5.74) is 1.95. The highest BCUT2D eigenvalue weighted by atomic mass is 16.7. The molecule has 2 aliphatic heterocycles. The van der Waals surface area contributed by atoms with Crippen molar-refractivity contribution in [3.05, 3.63) is 53.6 Å². The zero-order valence-electron chi connectivity index (χ0n) is 23.3. The van der Waals surface area contributed by atoms with Crippen LogP contribution in [0.15, 0.2) is 42.5 Å². The number of hydrogen-bond donors (Lipinski definition) is 1. The molecule has 1 atom stereocenters. The van der Waals surface area contributed by atoms with Gasteiger partial charge < -0.3 is 24.3 Å². The van der Waals surface area contributed by atoms with Gasteiger partial charge in [0.1, 0.15) is 5.60 Å². The van der Waals surface area contributed by atoms with Crippen molar-refractivity contribution in [3.8, 4) is 17.2 Å². The number of likely N-dealkylation sites (tertiary alicyclic amines) is 1. The normalized spacial score (nSPS) is 20.2. The van der Waals surface area contributed by atoms with E-state index in [4.69, 9.17) is 14.0 Å². The van der Waals surface area contributed by atoms with E-state index in [9.17, 15) is 14.9 Å². The molecule has 38 heavy (non-hydrogen) atoms. The second-order valence-electron chi connectivity index (χ2n) is 12.0. The fourth-order valence-corrected chi connectivity index (χ4v) is 4.56. The summed E-state index contributed by atoms with van der Waals surface area (Å²) in [5, 5.41) is 12.1. The van der Waals surface area contributed by atoms with Gasteiger partial charge in [-0.15, -0.1) is 0 Å². The monoisotopic (exact) mass is 517 g/mol. The molecule has 0 aliphatic carbocycles. The Morgan fingerprint density at radius 3 is 2.29 bits per heavy atom. The lowest BCUT2D eigenvalue weighted by Gasteiger charge is -2.32. The van der Waals surface area contributed by atoms with Crippen LogP contribution in [0.25, 0.3) is 11.1 Å². The van der Waals surface area contributed by atoms with Crippen LogP contribution in [0.2, 0.25) is 0 Å². The third-order valence-corrected chi connectivity index (χ3v) is 7.33. The van der Waals surface area contributed by atoms with Gasteiger partial charge >= 0.3 is 13.2 Å². The summed E-state index contributed by atoms with van der Waals surface area (Å²) < 4.78 is 18.0. The van der Waals surface area contributed by atoms with Gasteiger partial charge in [-0.25, -0.2) is 4.79 Å². The topological polar surface area (TPSA) is 101 Å². The van der Waals surface area contributed by atoms with Crippen molar-refractivity contribution >= 4 is 24.6 Å². The molecule has 8 nitrogen and oxygen atoms in total. The quantitative estimate of drug-likeness (QED) is 0.609. The molecule has 2 aromatic carbocycles. The van der Waals surface area contributed by atoms with E-state index in [1.807, 2.05) is 72.7 Å². The molecule has 200 valence electrons. The fraction of sp³-hybridized carbons (Fsp3) is 0.483. The Balaban J connectivity index is 1.59. The Hall–Kier alpha value is -3.35. The number of hydrogen-bond acceptors (Lipinski definition) is 6. The van der Waals surface area contributed by atoms with Crippen molar-refractivity contribution in [1.82, 2.24) is 10.2 Å². The Morgan fingerprint density at radius 1 is 1.08 bits per heavy atom. The average Bonchev–Trinajstić information content (AvgIpc) is 3.37. The van der Waals surface area contributed by atoms with Crippen LogP contribution in [0.3, 0.4) is 0 Å². The maximum absolute atomic E-state index is 13.5. The number of amides is 2. The van der Waals surface area contributed by atoms with Gasteiger partial charge in [-0.2, -0.15) is 5.26 Å². The zero-order valence-corrected chi connectivity index (χ0v) is 23.3. The summed E-state index contributed by atoms with van der Waals surface area (Å²) in [5.74, 6) is -0.117. The van der Waals surface area contributed by atoms with E-state index < -0.39 is 30.0 Å². The number of rotatable bonds is 4. The zero-order chi connectivity index (χ0) is 27.9. The second kappa shape index (κ2) is 10.1. The molecule has 2 aliphatic rings. The van der Waals surface area contributed by atoms with Crippen LogP contribution in [-0.2, 0) is 14.0 Å². The Labute approximate surface area is 225 Å². The van der Waals surface area contributed by atoms with Crippen LogP contribution in [0, 0.1) is 11.3 Å². The summed E-state index contributed by atoms with van der Waals surface area (Å²) in [6.45, 7) is 14.4. The van der Waals surface area contributed by atoms with Crippen LogP contribution in [0.5, 0.6) is 0 Å². The number of nitrogens with one attached hydrogen (secondary N) is 1. The van der Waals surface area contributed by atoms with Gasteiger partial charge in [0.15, 0.2) is 0 Å². The average molecular weight is 517 g/mol. The third-order valence-electron chi connectivity index (χ3n) is 7.33. The molecule has 0 spiro atoms. The number of alkyl carbamates (subject to hydrolysis) is 1. The molecule has 9 heteroatoms. The van der Waals surface area contributed by atoms with Crippen molar-refractivity contribution in [2.24, 2.45) is 0 Å². The minimum Gasteiger partial charge on any atom is -0.444 e. The summed E-state index contributed by atoms with van der Waals surface area (Å²) in [6.07, 6.45) is 0.172. The number of carbonyl (C=O) groups excluding carboxylic acids is 2. The molecule has 2 aromatic rings. The van der Waals surface area contributed by atoms with E-state index >= 15 is 0 Å². The first-order chi connectivity index (χ1) is 17.7. The van der Waals surface area contributed by atoms with E-state index in [1.54, 1.807) is 23.1 Å². The van der Waals surface area contributed by atoms with Crippen molar-refractivity contribution < 1.29 is 23.6 Å². The molecule has 1 N–H and O–H groups in total. The molecule has 4 rings (SSSR count). The highest BCUT2D eigenvalue weighted by molar-refractivity contribution is 6.64. The van der Waals surface area contributed by atoms with Gasteiger partial charge in [0.05, 0.1) is 28.9 Å². The molecule has 2 amide bonds. The maximum Gasteiger partial charge on any atom is 0.495 e. The molecule has 2 fully saturated rings. The van der Waals surface area contributed by atoms with E-state index in [0.29, 0.717) is 30.6 Å². The first kappa shape index (κ1) is 27.7. The van der Waals surface area contributed by atoms with Gasteiger partial charge in [-0.3, -0.25) is 4.79 Å². The standard InChI is InChI=1S/C29H36BN3O5/c1-27(2,3)36-26(35)32-22-14-15-33(18-22)25(34)21-12-13-24(30-37-28(4,5)29(6,7)38-30)23(16-21)20-10-8-19(17-31)9-11-20/h8-13,16,22H,14-15,18H2,1-7H3,(H,32,35)/t22-/m0/s1. The minimum absolute atomic E-state index is 0.117. The van der Waals surface area contributed by atoms with Gasteiger partial charge in [-0.05, 0) is 95.7 Å². The Bertz CT molecular complexity index is 1240. The van der Waals surface area contributed by atoms with E-state index in [0.717, 1.165) is 16.6 Å². The minimum atomic E-state index is -0.607. The lowest BCUT2D eigenvalue weighted by molar-refractivity contribution is 0.00578. The highest BCUT2D eigenvalue weighted by Crippen LogP contribution is 2.37. The predicted molar refractivity (Wildman–Crippen MR) is 146 cm³/mol. The largest absolute Gasteiger partial charge is 0.495 e. The van der Waals surface area contributed by atoms with E-state index in [-0.39, 0.29) is 11.9 Å². The van der Waals surface area contributed by atoms with Crippen molar-refractivity contribution in [1.29, 1.82) is 5.26 Å². The van der Waals surface area contributed by atoms with Crippen LogP contribution in [0.4, 0.5) is 4.79 Å². The lowest BCUT2D eigenvalue weighted by atomic mass is 9.74. The van der Waals surface area contributed by atoms with Crippen molar-refractivity contribution in [2.75, 3.05) is 13.1 Å². The number of carbonyl (C=O) groups is 2. The molecular formula is C29H36BN3O5. The fourth-order valence-electron chi connectivity index (χ4n) is 4.56. The van der Waals surface area contributed by atoms with Crippen molar-refractivity contribution in [3.63, 3.8) is 0 Å². The summed E-state index contributed by atoms with van der Waals surface area (Å²) >= 11 is 0. The smallest absolute Gasteiger partial charge is 0.444 e. The lowest BCUT2D eigenvalue weighted by Crippen LogP contribution is -2.41. The SMILES string of the molecule is CC(C)(C)OC(=O)N[C@H]1CCN(C(=O)c2ccc(B3OC(C)(C)C(C)(C)O3)c(-c3ccc(C#N)cc3)c2)C1. The molecule has 2 saturated heterocycles. The van der Waals surface area contributed by atoms with Gasteiger partial charge in [0.2, 0.25) is 0 Å². The van der Waals surface area contributed by atoms with Crippen LogP contribution in [-0.4, -0.2) is 60.0 Å². The summed E-state index contributed by atoms with van der Waals surface area (Å²) in [4.78, 5) is 27.4. The highest BCUT2D eigenvalue weighted by Gasteiger charge is 2.52. The number of ether oxygens (including phenoxy) is 1. The molecular weight excluding hydrogens is 481 g/mol. The number of nitrogens with zero attached hydrogens (tertiary/aromatic N) is 2. The molecule has 0 saturated carbocycles. The predicted octanol–water partition coefficient (Wildman–Crippen LogP) is 4.26. The first-order valence-electron chi connectivity index (χ1n) is 13.0. The third kappa shape index (κ3) is 5.87. The molecule has 0 aromatic heterocycles. The molecule has 0 unspecified atom stereocenters. The molecule has 0 bridgehead atoms. The Morgan fingerprint density at radius 2 is 1.71 bits per heavy atom. The maximum atomic E-state index is 13.5. The van der Waals surface area contributed by atoms with Crippen LogP contribution < -0.4 is 10.8 Å². The summed E-state index contributed by atoms with van der Waals surface area (Å²) in [6, 6.07) is 14.8. The number of benzene rings is 2. The van der Waals surface area contributed by atoms with Gasteiger partial charge in [0, 0.05) is 18.7 Å². The molecule has 0 radical (unpaired) electrons. The first-order valence-corrected chi connectivity index (χ1v) is 13.0. The van der Waals surface area contributed by atoms with Gasteiger partial charge in [0.25, 0.3) is 5.91 Å². The Kier molecular flexibility index (Phi) is 7.35.